The van der Waals surface area contributed by atoms with E-state index in [1.165, 1.54) is 15.6 Å². The quantitative estimate of drug-likeness (QED) is 0.579. The molecule has 1 saturated heterocycles. The maximum absolute atomic E-state index is 12.8. The van der Waals surface area contributed by atoms with E-state index in [4.69, 9.17) is 4.74 Å². The number of thiazole rings is 1. The summed E-state index contributed by atoms with van der Waals surface area (Å²) in [6.07, 6.45) is 0. The Morgan fingerprint density at radius 1 is 1.03 bits per heavy atom. The first-order valence-electron chi connectivity index (χ1n) is 10.7. The minimum Gasteiger partial charge on any atom is -0.379 e. The van der Waals surface area contributed by atoms with Crippen molar-refractivity contribution in [1.29, 1.82) is 0 Å². The molecule has 0 atom stereocenters. The smallest absolute Gasteiger partial charge is 0.257 e. The van der Waals surface area contributed by atoms with Gasteiger partial charge in [-0.05, 0) is 35.2 Å². The molecule has 0 aliphatic carbocycles. The average molecular weight is 486 g/mol. The molecule has 0 saturated carbocycles. The van der Waals surface area contributed by atoms with Crippen LogP contribution in [0.1, 0.15) is 36.7 Å². The first-order valence-corrected chi connectivity index (χ1v) is 13.0. The number of amides is 1. The van der Waals surface area contributed by atoms with Crippen LogP contribution in [-0.2, 0) is 20.2 Å². The highest BCUT2D eigenvalue weighted by Crippen LogP contribution is 2.28. The van der Waals surface area contributed by atoms with E-state index >= 15 is 0 Å². The van der Waals surface area contributed by atoms with Gasteiger partial charge in [0.25, 0.3) is 5.91 Å². The molecule has 174 valence electrons. The molecule has 3 aromatic rings. The van der Waals surface area contributed by atoms with Gasteiger partial charge in [0.2, 0.25) is 10.0 Å². The fourth-order valence-corrected chi connectivity index (χ4v) is 5.61. The summed E-state index contributed by atoms with van der Waals surface area (Å²) in [5, 5.41) is 5.16. The van der Waals surface area contributed by atoms with Crippen molar-refractivity contribution in [2.45, 2.75) is 31.1 Å². The highest BCUT2D eigenvalue weighted by Gasteiger charge is 2.26. The largest absolute Gasteiger partial charge is 0.379 e. The van der Waals surface area contributed by atoms with E-state index in [1.54, 1.807) is 24.3 Å². The van der Waals surface area contributed by atoms with E-state index in [0.29, 0.717) is 42.7 Å². The molecular formula is C24H27N3O4S2. The predicted molar refractivity (Wildman–Crippen MR) is 130 cm³/mol. The second-order valence-electron chi connectivity index (χ2n) is 8.86. The van der Waals surface area contributed by atoms with Gasteiger partial charge in [0.05, 0.1) is 23.8 Å². The van der Waals surface area contributed by atoms with Crippen molar-refractivity contribution >= 4 is 32.4 Å². The van der Waals surface area contributed by atoms with Crippen molar-refractivity contribution in [2.75, 3.05) is 31.6 Å². The summed E-state index contributed by atoms with van der Waals surface area (Å²) in [6.45, 7) is 7.92. The molecule has 1 aliphatic heterocycles. The normalized spacial score (nSPS) is 15.4. The molecule has 0 bridgehead atoms. The first-order chi connectivity index (χ1) is 15.6. The van der Waals surface area contributed by atoms with Crippen LogP contribution in [-0.4, -0.2) is 49.9 Å². The van der Waals surface area contributed by atoms with E-state index in [1.807, 2.05) is 29.6 Å². The topological polar surface area (TPSA) is 88.6 Å². The fourth-order valence-electron chi connectivity index (χ4n) is 3.49. The van der Waals surface area contributed by atoms with Crippen molar-refractivity contribution in [2.24, 2.45) is 0 Å². The Morgan fingerprint density at radius 2 is 1.67 bits per heavy atom. The number of carbonyl (C=O) groups excluding carboxylic acids is 1. The van der Waals surface area contributed by atoms with Crippen LogP contribution in [0, 0.1) is 0 Å². The zero-order valence-corrected chi connectivity index (χ0v) is 20.5. The van der Waals surface area contributed by atoms with Gasteiger partial charge < -0.3 is 4.74 Å². The highest BCUT2D eigenvalue weighted by atomic mass is 32.2. The summed E-state index contributed by atoms with van der Waals surface area (Å²) in [7, 11) is -3.54. The molecule has 33 heavy (non-hydrogen) atoms. The minimum absolute atomic E-state index is 0.0241. The van der Waals surface area contributed by atoms with Crippen molar-refractivity contribution in [3.63, 3.8) is 0 Å². The minimum atomic E-state index is -3.54. The van der Waals surface area contributed by atoms with Gasteiger partial charge >= 0.3 is 0 Å². The monoisotopic (exact) mass is 485 g/mol. The molecule has 1 aromatic heterocycles. The van der Waals surface area contributed by atoms with Crippen LogP contribution in [0.3, 0.4) is 0 Å². The number of sulfonamides is 1. The lowest BCUT2D eigenvalue weighted by molar-refractivity contribution is 0.0730. The molecular weight excluding hydrogens is 458 g/mol. The summed E-state index contributed by atoms with van der Waals surface area (Å²) in [6, 6.07) is 14.2. The number of nitrogens with zero attached hydrogens (tertiary/aromatic N) is 2. The van der Waals surface area contributed by atoms with Crippen molar-refractivity contribution in [3.05, 3.63) is 65.0 Å². The lowest BCUT2D eigenvalue weighted by Gasteiger charge is -2.26. The lowest BCUT2D eigenvalue weighted by atomic mass is 9.87. The van der Waals surface area contributed by atoms with Crippen LogP contribution in [0.25, 0.3) is 11.3 Å². The van der Waals surface area contributed by atoms with Gasteiger partial charge in [0.1, 0.15) is 0 Å². The van der Waals surface area contributed by atoms with Crippen molar-refractivity contribution in [1.82, 2.24) is 9.29 Å². The van der Waals surface area contributed by atoms with Gasteiger partial charge in [-0.1, -0.05) is 45.0 Å². The molecule has 0 radical (unpaired) electrons. The Kier molecular flexibility index (Phi) is 6.67. The number of hydrogen-bond acceptors (Lipinski definition) is 6. The number of rotatable bonds is 5. The van der Waals surface area contributed by atoms with Crippen LogP contribution < -0.4 is 5.32 Å². The third kappa shape index (κ3) is 5.33. The van der Waals surface area contributed by atoms with E-state index in [9.17, 15) is 13.2 Å². The Morgan fingerprint density at radius 3 is 2.27 bits per heavy atom. The number of carbonyl (C=O) groups is 1. The Balaban J connectivity index is 1.44. The Labute approximate surface area is 198 Å². The standard InChI is InChI=1S/C24H27N3O4S2/c1-24(2,3)19-8-4-18(5-9-19)22(28)26-23-25-21(16-32-23)17-6-10-20(11-7-17)33(29,30)27-12-14-31-15-13-27/h4-11,16H,12-15H2,1-3H3,(H,25,26,28). The average Bonchev–Trinajstić information content (AvgIpc) is 3.27. The van der Waals surface area contributed by atoms with E-state index < -0.39 is 10.0 Å². The highest BCUT2D eigenvalue weighted by molar-refractivity contribution is 7.89. The number of aromatic nitrogens is 1. The van der Waals surface area contributed by atoms with Crippen LogP contribution >= 0.6 is 11.3 Å². The Hall–Kier alpha value is -2.59. The second-order valence-corrected chi connectivity index (χ2v) is 11.7. The SMILES string of the molecule is CC(C)(C)c1ccc(C(=O)Nc2nc(-c3ccc(S(=O)(=O)N4CCOCC4)cc3)cs2)cc1. The number of morpholine rings is 1. The van der Waals surface area contributed by atoms with Gasteiger partial charge in [-0.3, -0.25) is 10.1 Å². The van der Waals surface area contributed by atoms with E-state index in [0.717, 1.165) is 11.1 Å². The molecule has 4 rings (SSSR count). The first kappa shape index (κ1) is 23.6. The van der Waals surface area contributed by atoms with E-state index in [2.05, 4.69) is 31.1 Å². The fraction of sp³-hybridized carbons (Fsp3) is 0.333. The molecule has 1 fully saturated rings. The zero-order valence-electron chi connectivity index (χ0n) is 18.9. The maximum atomic E-state index is 12.8. The van der Waals surface area contributed by atoms with Crippen LogP contribution in [0.5, 0.6) is 0 Å². The molecule has 1 amide bonds. The zero-order chi connectivity index (χ0) is 23.6. The molecule has 1 aliphatic rings. The molecule has 9 heteroatoms. The van der Waals surface area contributed by atoms with Gasteiger partial charge in [0.15, 0.2) is 5.13 Å². The van der Waals surface area contributed by atoms with E-state index in [-0.39, 0.29) is 16.2 Å². The number of hydrogen-bond donors (Lipinski definition) is 1. The number of nitrogens with one attached hydrogen (secondary N) is 1. The third-order valence-electron chi connectivity index (χ3n) is 5.50. The lowest BCUT2D eigenvalue weighted by Crippen LogP contribution is -2.40. The molecule has 7 nitrogen and oxygen atoms in total. The van der Waals surface area contributed by atoms with Gasteiger partial charge in [0, 0.05) is 29.6 Å². The number of anilines is 1. The van der Waals surface area contributed by atoms with Crippen LogP contribution in [0.4, 0.5) is 5.13 Å². The summed E-state index contributed by atoms with van der Waals surface area (Å²) in [5.74, 6) is -0.219. The van der Waals surface area contributed by atoms with Gasteiger partial charge in [-0.2, -0.15) is 4.31 Å². The maximum Gasteiger partial charge on any atom is 0.257 e. The third-order valence-corrected chi connectivity index (χ3v) is 8.17. The second kappa shape index (κ2) is 9.34. The van der Waals surface area contributed by atoms with Crippen LogP contribution in [0.2, 0.25) is 0 Å². The molecule has 0 unspecified atom stereocenters. The summed E-state index contributed by atoms with van der Waals surface area (Å²) < 4.78 is 32.2. The van der Waals surface area contributed by atoms with Crippen LogP contribution in [0.15, 0.2) is 58.8 Å². The summed E-state index contributed by atoms with van der Waals surface area (Å²) in [4.78, 5) is 17.3. The predicted octanol–water partition coefficient (Wildman–Crippen LogP) is 4.38. The summed E-state index contributed by atoms with van der Waals surface area (Å²) in [5.41, 5.74) is 3.21. The van der Waals surface area contributed by atoms with Crippen molar-refractivity contribution in [3.8, 4) is 11.3 Å². The molecule has 2 aromatic carbocycles. The van der Waals surface area contributed by atoms with Gasteiger partial charge in [-0.25, -0.2) is 13.4 Å². The molecule has 2 heterocycles. The van der Waals surface area contributed by atoms with Crippen molar-refractivity contribution < 1.29 is 17.9 Å². The number of ether oxygens (including phenoxy) is 1. The van der Waals surface area contributed by atoms with Gasteiger partial charge in [-0.15, -0.1) is 11.3 Å². The molecule has 1 N–H and O–H groups in total. The summed E-state index contributed by atoms with van der Waals surface area (Å²) >= 11 is 1.32. The Bertz CT molecular complexity index is 1220. The number of benzene rings is 2. The molecule has 0 spiro atoms.